The number of hydrogen-bond acceptors (Lipinski definition) is 9. The third kappa shape index (κ3) is 4.78. The highest BCUT2D eigenvalue weighted by molar-refractivity contribution is 7.15. The molecule has 33 heavy (non-hydrogen) atoms. The second-order valence-corrected chi connectivity index (χ2v) is 9.87. The molecule has 0 bridgehead atoms. The summed E-state index contributed by atoms with van der Waals surface area (Å²) in [7, 11) is 1.84. The van der Waals surface area contributed by atoms with Gasteiger partial charge in [0.05, 0.1) is 17.8 Å². The second kappa shape index (κ2) is 9.35. The molecule has 4 rings (SSSR count). The highest BCUT2D eigenvalue weighted by Crippen LogP contribution is 2.43. The minimum atomic E-state index is -0.917. The number of aromatic nitrogens is 5. The number of phenols is 1. The molecule has 0 unspecified atom stereocenters. The van der Waals surface area contributed by atoms with Crippen LogP contribution in [-0.2, 0) is 0 Å². The molecule has 2 heterocycles. The van der Waals surface area contributed by atoms with Crippen molar-refractivity contribution in [3.8, 4) is 33.8 Å². The molecule has 3 atom stereocenters. The molecular formula is C23H26FN7OS. The van der Waals surface area contributed by atoms with E-state index in [-0.39, 0.29) is 28.0 Å². The van der Waals surface area contributed by atoms with E-state index in [9.17, 15) is 9.50 Å². The average molecular weight is 468 g/mol. The molecule has 0 saturated heterocycles. The zero-order valence-electron chi connectivity index (χ0n) is 18.9. The summed E-state index contributed by atoms with van der Waals surface area (Å²) in [6.07, 6.45) is 5.04. The Hall–Kier alpha value is -3.19. The van der Waals surface area contributed by atoms with Gasteiger partial charge in [0.25, 0.3) is 0 Å². The molecule has 2 aromatic heterocycles. The minimum absolute atomic E-state index is 0.0319. The number of hydrogen-bond donors (Lipinski definition) is 1. The van der Waals surface area contributed by atoms with Crippen LogP contribution in [0.2, 0.25) is 0 Å². The van der Waals surface area contributed by atoms with Gasteiger partial charge in [-0.15, -0.1) is 20.4 Å². The first-order valence-electron chi connectivity index (χ1n) is 11.0. The van der Waals surface area contributed by atoms with Gasteiger partial charge < -0.3 is 10.0 Å². The number of phenolic OH excluding ortho intramolecular Hbond substituents is 1. The molecule has 8 nitrogen and oxygen atoms in total. The highest BCUT2D eigenvalue weighted by Gasteiger charge is 2.39. The topological polar surface area (TPSA) is 112 Å². The Morgan fingerprint density at radius 1 is 1.30 bits per heavy atom. The third-order valence-corrected chi connectivity index (χ3v) is 7.29. The number of aromatic hydroxyl groups is 1. The summed E-state index contributed by atoms with van der Waals surface area (Å²) in [4.78, 5) is 6.22. The van der Waals surface area contributed by atoms with Crippen LogP contribution in [0.1, 0.15) is 51.0 Å². The number of benzene rings is 1. The second-order valence-electron chi connectivity index (χ2n) is 8.89. The van der Waals surface area contributed by atoms with E-state index in [0.717, 1.165) is 37.0 Å². The van der Waals surface area contributed by atoms with Crippen LogP contribution in [0.5, 0.6) is 5.75 Å². The molecule has 172 valence electrons. The lowest BCUT2D eigenvalue weighted by Crippen LogP contribution is -2.47. The van der Waals surface area contributed by atoms with Gasteiger partial charge in [0, 0.05) is 12.6 Å². The molecule has 1 N–H and O–H groups in total. The van der Waals surface area contributed by atoms with Gasteiger partial charge in [-0.3, -0.25) is 0 Å². The molecule has 1 fully saturated rings. The Labute approximate surface area is 196 Å². The fraction of sp³-hybridized carbons (Fsp3) is 0.478. The summed E-state index contributed by atoms with van der Waals surface area (Å²) in [6, 6.07) is 6.64. The van der Waals surface area contributed by atoms with Crippen molar-refractivity contribution in [2.45, 2.75) is 58.2 Å². The quantitative estimate of drug-likeness (QED) is 0.552. The molecule has 0 aliphatic heterocycles. The molecule has 0 amide bonds. The maximum absolute atomic E-state index is 14.8. The Bertz CT molecular complexity index is 1160. The molecule has 0 radical (unpaired) electrons. The van der Waals surface area contributed by atoms with Gasteiger partial charge in [-0.2, -0.15) is 5.26 Å². The number of anilines is 1. The zero-order valence-corrected chi connectivity index (χ0v) is 19.7. The van der Waals surface area contributed by atoms with Crippen molar-refractivity contribution in [2.75, 3.05) is 11.9 Å². The molecule has 3 aromatic rings. The lowest BCUT2D eigenvalue weighted by molar-refractivity contribution is 0.102. The Balaban J connectivity index is 1.52. The first-order valence-corrected chi connectivity index (χ1v) is 11.8. The molecule has 1 aromatic carbocycles. The standard InChI is InChI=1S/C23H26FN7OS/c1-4-8-23(2)9-7-16(24)17(11-23)31(3)19-13-26-21(29-27-19)15-6-5-14(10-18(15)32)22-30-28-20(12-25)33-22/h5-6,10,13,16-17,32H,4,7-9,11H2,1-3H3/t16-,17+,23+/m0/s1. The first kappa shape index (κ1) is 23.0. The summed E-state index contributed by atoms with van der Waals surface area (Å²) >= 11 is 1.14. The zero-order chi connectivity index (χ0) is 23.6. The smallest absolute Gasteiger partial charge is 0.218 e. The van der Waals surface area contributed by atoms with Crippen molar-refractivity contribution in [3.63, 3.8) is 0 Å². The number of rotatable bonds is 6. The van der Waals surface area contributed by atoms with E-state index in [1.54, 1.807) is 18.3 Å². The maximum Gasteiger partial charge on any atom is 0.218 e. The molecule has 10 heteroatoms. The van der Waals surface area contributed by atoms with Gasteiger partial charge in [-0.25, -0.2) is 9.37 Å². The lowest BCUT2D eigenvalue weighted by atomic mass is 9.70. The van der Waals surface area contributed by atoms with Crippen LogP contribution in [0.4, 0.5) is 10.2 Å². The molecule has 0 spiro atoms. The third-order valence-electron chi connectivity index (χ3n) is 6.41. The minimum Gasteiger partial charge on any atom is -0.507 e. The van der Waals surface area contributed by atoms with Gasteiger partial charge in [0.1, 0.15) is 23.0 Å². The number of halogens is 1. The molecule has 1 aliphatic rings. The first-order chi connectivity index (χ1) is 15.8. The van der Waals surface area contributed by atoms with E-state index in [1.165, 1.54) is 6.07 Å². The van der Waals surface area contributed by atoms with E-state index < -0.39 is 6.17 Å². The summed E-state index contributed by atoms with van der Waals surface area (Å²) < 4.78 is 14.8. The van der Waals surface area contributed by atoms with Crippen LogP contribution in [0.3, 0.4) is 0 Å². The predicted molar refractivity (Wildman–Crippen MR) is 124 cm³/mol. The number of nitrogens with zero attached hydrogens (tertiary/aromatic N) is 7. The van der Waals surface area contributed by atoms with Gasteiger partial charge in [0.2, 0.25) is 5.01 Å². The van der Waals surface area contributed by atoms with E-state index in [2.05, 4.69) is 39.2 Å². The predicted octanol–water partition coefficient (Wildman–Crippen LogP) is 4.77. The van der Waals surface area contributed by atoms with E-state index in [4.69, 9.17) is 5.26 Å². The van der Waals surface area contributed by atoms with E-state index in [1.807, 2.05) is 18.0 Å². The monoisotopic (exact) mass is 467 g/mol. The van der Waals surface area contributed by atoms with Gasteiger partial charge in [0.15, 0.2) is 11.6 Å². The highest BCUT2D eigenvalue weighted by atomic mass is 32.1. The van der Waals surface area contributed by atoms with Crippen LogP contribution in [0.15, 0.2) is 24.4 Å². The average Bonchev–Trinajstić information content (AvgIpc) is 3.30. The van der Waals surface area contributed by atoms with Crippen LogP contribution >= 0.6 is 11.3 Å². The van der Waals surface area contributed by atoms with E-state index in [0.29, 0.717) is 28.4 Å². The van der Waals surface area contributed by atoms with Crippen molar-refractivity contribution in [1.82, 2.24) is 25.4 Å². The Morgan fingerprint density at radius 3 is 2.76 bits per heavy atom. The molecule has 1 aliphatic carbocycles. The number of nitriles is 1. The van der Waals surface area contributed by atoms with Crippen molar-refractivity contribution < 1.29 is 9.50 Å². The van der Waals surface area contributed by atoms with Crippen molar-refractivity contribution in [2.24, 2.45) is 5.41 Å². The van der Waals surface area contributed by atoms with Crippen LogP contribution in [0, 0.1) is 16.7 Å². The fourth-order valence-corrected chi connectivity index (χ4v) is 5.22. The van der Waals surface area contributed by atoms with E-state index >= 15 is 0 Å². The lowest BCUT2D eigenvalue weighted by Gasteiger charge is -2.43. The van der Waals surface area contributed by atoms with Crippen LogP contribution < -0.4 is 4.90 Å². The Morgan fingerprint density at radius 2 is 2.12 bits per heavy atom. The van der Waals surface area contributed by atoms with Crippen molar-refractivity contribution in [3.05, 3.63) is 29.4 Å². The summed E-state index contributed by atoms with van der Waals surface area (Å²) in [5.41, 5.74) is 1.19. The van der Waals surface area contributed by atoms with Crippen LogP contribution in [0.25, 0.3) is 22.0 Å². The van der Waals surface area contributed by atoms with Gasteiger partial charge in [-0.1, -0.05) is 37.7 Å². The summed E-state index contributed by atoms with van der Waals surface area (Å²) in [6.45, 7) is 4.41. The summed E-state index contributed by atoms with van der Waals surface area (Å²) in [5, 5.41) is 36.4. The molecular weight excluding hydrogens is 441 g/mol. The van der Waals surface area contributed by atoms with Gasteiger partial charge >= 0.3 is 0 Å². The summed E-state index contributed by atoms with van der Waals surface area (Å²) in [5.74, 6) is 0.735. The van der Waals surface area contributed by atoms with Gasteiger partial charge in [-0.05, 0) is 43.2 Å². The molecule has 1 saturated carbocycles. The maximum atomic E-state index is 14.8. The van der Waals surface area contributed by atoms with Crippen molar-refractivity contribution >= 4 is 17.2 Å². The number of alkyl halides is 1. The van der Waals surface area contributed by atoms with Crippen LogP contribution in [-0.4, -0.2) is 49.7 Å². The van der Waals surface area contributed by atoms with Crippen molar-refractivity contribution in [1.29, 1.82) is 5.26 Å². The largest absolute Gasteiger partial charge is 0.507 e. The SMILES string of the molecule is CCC[C@]1(C)CC[C@H](F)[C@H](N(C)c2cnc(-c3ccc(-c4nnc(C#N)s4)cc3O)nn2)C1. The normalized spacial score (nSPS) is 22.6. The Kier molecular flexibility index (Phi) is 6.51. The fourth-order valence-electron chi connectivity index (χ4n) is 4.59.